The van der Waals surface area contributed by atoms with Crippen LogP contribution in [0.4, 0.5) is 5.82 Å². The van der Waals surface area contributed by atoms with Crippen LogP contribution in [0.15, 0.2) is 17.2 Å². The third kappa shape index (κ3) is 2.88. The molecule has 3 rings (SSSR count). The van der Waals surface area contributed by atoms with Gasteiger partial charge >= 0.3 is 0 Å². The molecule has 0 amide bonds. The highest BCUT2D eigenvalue weighted by Gasteiger charge is 2.39. The fourth-order valence-corrected chi connectivity index (χ4v) is 4.56. The van der Waals surface area contributed by atoms with E-state index in [2.05, 4.69) is 10.3 Å². The topological polar surface area (TPSA) is 71.5 Å². The molecule has 0 aliphatic carbocycles. The Balaban J connectivity index is 1.86. The minimum Gasteiger partial charge on any atom is -0.372 e. The van der Waals surface area contributed by atoms with Crippen molar-refractivity contribution in [3.63, 3.8) is 0 Å². The predicted molar refractivity (Wildman–Crippen MR) is 80.1 cm³/mol. The summed E-state index contributed by atoms with van der Waals surface area (Å²) < 4.78 is 32.5. The normalized spacial score (nSPS) is 26.0. The van der Waals surface area contributed by atoms with Gasteiger partial charge in [-0.05, 0) is 25.8 Å². The van der Waals surface area contributed by atoms with E-state index in [-0.39, 0.29) is 17.1 Å². The molecular weight excluding hydrogens is 314 g/mol. The fourth-order valence-electron chi connectivity index (χ4n) is 2.78. The summed E-state index contributed by atoms with van der Waals surface area (Å²) in [7, 11) is -3.56. The van der Waals surface area contributed by atoms with Gasteiger partial charge < -0.3 is 10.1 Å². The van der Waals surface area contributed by atoms with Crippen molar-refractivity contribution in [2.45, 2.75) is 36.9 Å². The number of hydrogen-bond acceptors (Lipinski definition) is 5. The molecule has 21 heavy (non-hydrogen) atoms. The van der Waals surface area contributed by atoms with Crippen LogP contribution < -0.4 is 5.32 Å². The maximum atomic E-state index is 12.7. The second kappa shape index (κ2) is 5.72. The molecule has 2 aliphatic heterocycles. The summed E-state index contributed by atoms with van der Waals surface area (Å²) in [5.41, 5.74) is 0. The van der Waals surface area contributed by atoms with E-state index < -0.39 is 10.0 Å². The van der Waals surface area contributed by atoms with E-state index >= 15 is 0 Å². The number of nitrogens with one attached hydrogen (secondary N) is 1. The summed E-state index contributed by atoms with van der Waals surface area (Å²) in [6.07, 6.45) is 3.24. The van der Waals surface area contributed by atoms with Crippen LogP contribution in [0.25, 0.3) is 0 Å². The molecule has 2 saturated heterocycles. The number of halogens is 1. The molecular formula is C13H18ClN3O3S. The van der Waals surface area contributed by atoms with E-state index in [0.29, 0.717) is 30.5 Å². The zero-order valence-electron chi connectivity index (χ0n) is 11.8. The average Bonchev–Trinajstić information content (AvgIpc) is 2.79. The molecule has 0 radical (unpaired) electrons. The Bertz CT molecular complexity index is 626. The van der Waals surface area contributed by atoms with Crippen LogP contribution >= 0.6 is 11.6 Å². The molecule has 2 atom stereocenters. The zero-order valence-corrected chi connectivity index (χ0v) is 13.3. The van der Waals surface area contributed by atoms with Gasteiger partial charge in [-0.15, -0.1) is 0 Å². The Labute approximate surface area is 129 Å². The van der Waals surface area contributed by atoms with Gasteiger partial charge in [0.15, 0.2) is 0 Å². The van der Waals surface area contributed by atoms with Crippen molar-refractivity contribution in [1.82, 2.24) is 9.29 Å². The molecule has 2 bridgehead atoms. The lowest BCUT2D eigenvalue weighted by atomic mass is 10.2. The molecule has 1 aromatic rings. The molecule has 1 N–H and O–H groups in total. The van der Waals surface area contributed by atoms with Gasteiger partial charge in [0, 0.05) is 25.8 Å². The lowest BCUT2D eigenvalue weighted by Gasteiger charge is -2.31. The van der Waals surface area contributed by atoms with Crippen LogP contribution in [0.3, 0.4) is 0 Å². The van der Waals surface area contributed by atoms with Crippen molar-refractivity contribution >= 4 is 27.4 Å². The molecule has 1 aromatic heterocycles. The summed E-state index contributed by atoms with van der Waals surface area (Å²) in [5, 5.41) is 3.30. The van der Waals surface area contributed by atoms with Crippen molar-refractivity contribution in [2.75, 3.05) is 25.0 Å². The number of hydrogen-bond donors (Lipinski definition) is 1. The largest absolute Gasteiger partial charge is 0.372 e. The molecule has 0 aromatic carbocycles. The Hall–Kier alpha value is -0.890. The number of pyridine rings is 1. The van der Waals surface area contributed by atoms with Crippen LogP contribution in [-0.4, -0.2) is 49.5 Å². The molecule has 2 aliphatic rings. The van der Waals surface area contributed by atoms with Crippen LogP contribution in [0, 0.1) is 0 Å². The molecule has 0 spiro atoms. The number of morpholine rings is 1. The third-order valence-electron chi connectivity index (χ3n) is 3.81. The summed E-state index contributed by atoms with van der Waals surface area (Å²) in [5.74, 6) is 0.500. The maximum Gasteiger partial charge on any atom is 0.244 e. The lowest BCUT2D eigenvalue weighted by Crippen LogP contribution is -2.45. The minimum absolute atomic E-state index is 0.0167. The number of nitrogens with zero attached hydrogens (tertiary/aromatic N) is 2. The summed E-state index contributed by atoms with van der Waals surface area (Å²) in [4.78, 5) is 4.24. The number of sulfonamides is 1. The first-order valence-electron chi connectivity index (χ1n) is 7.05. The highest BCUT2D eigenvalue weighted by atomic mass is 35.5. The smallest absolute Gasteiger partial charge is 0.244 e. The minimum atomic E-state index is -3.56. The SMILES string of the molecule is CCNc1ncc(S(=O)(=O)N2CC3CCC(C2)O3)cc1Cl. The number of rotatable bonds is 4. The highest BCUT2D eigenvalue weighted by Crippen LogP contribution is 2.31. The molecule has 3 heterocycles. The Morgan fingerprint density at radius 2 is 2.10 bits per heavy atom. The summed E-state index contributed by atoms with van der Waals surface area (Å²) >= 11 is 6.09. The van der Waals surface area contributed by atoms with Crippen LogP contribution in [0.1, 0.15) is 19.8 Å². The van der Waals surface area contributed by atoms with Crippen molar-refractivity contribution in [3.05, 3.63) is 17.3 Å². The first kappa shape index (κ1) is 15.0. The number of aromatic nitrogens is 1. The first-order chi connectivity index (χ1) is 10.0. The Kier molecular flexibility index (Phi) is 4.09. The van der Waals surface area contributed by atoms with Gasteiger partial charge in [-0.1, -0.05) is 11.6 Å². The van der Waals surface area contributed by atoms with Crippen molar-refractivity contribution < 1.29 is 13.2 Å². The summed E-state index contributed by atoms with van der Waals surface area (Å²) in [6, 6.07) is 1.46. The number of anilines is 1. The van der Waals surface area contributed by atoms with E-state index in [9.17, 15) is 8.42 Å². The monoisotopic (exact) mass is 331 g/mol. The second-order valence-electron chi connectivity index (χ2n) is 5.31. The van der Waals surface area contributed by atoms with Crippen LogP contribution in [0.2, 0.25) is 5.02 Å². The lowest BCUT2D eigenvalue weighted by molar-refractivity contribution is -0.0114. The van der Waals surface area contributed by atoms with Gasteiger partial charge in [-0.3, -0.25) is 0 Å². The van der Waals surface area contributed by atoms with Gasteiger partial charge in [-0.25, -0.2) is 13.4 Å². The average molecular weight is 332 g/mol. The van der Waals surface area contributed by atoms with Gasteiger partial charge in [-0.2, -0.15) is 4.31 Å². The molecule has 116 valence electrons. The Morgan fingerprint density at radius 1 is 1.43 bits per heavy atom. The summed E-state index contributed by atoms with van der Waals surface area (Å²) in [6.45, 7) is 3.41. The van der Waals surface area contributed by atoms with E-state index in [4.69, 9.17) is 16.3 Å². The quantitative estimate of drug-likeness (QED) is 0.909. The van der Waals surface area contributed by atoms with Gasteiger partial charge in [0.05, 0.1) is 17.2 Å². The van der Waals surface area contributed by atoms with Gasteiger partial charge in [0.1, 0.15) is 10.7 Å². The second-order valence-corrected chi connectivity index (χ2v) is 7.66. The van der Waals surface area contributed by atoms with Gasteiger partial charge in [0.25, 0.3) is 0 Å². The third-order valence-corrected chi connectivity index (χ3v) is 5.89. The van der Waals surface area contributed by atoms with E-state index in [1.54, 1.807) is 0 Å². The number of ether oxygens (including phenoxy) is 1. The van der Waals surface area contributed by atoms with Crippen LogP contribution in [0.5, 0.6) is 0 Å². The van der Waals surface area contributed by atoms with Gasteiger partial charge in [0.2, 0.25) is 10.0 Å². The van der Waals surface area contributed by atoms with Crippen molar-refractivity contribution in [2.24, 2.45) is 0 Å². The highest BCUT2D eigenvalue weighted by molar-refractivity contribution is 7.89. The standard InChI is InChI=1S/C13H18ClN3O3S/c1-2-15-13-12(14)5-11(6-16-13)21(18,19)17-7-9-3-4-10(8-17)20-9/h5-6,9-10H,2-4,7-8H2,1H3,(H,15,16). The van der Waals surface area contributed by atoms with Crippen molar-refractivity contribution in [1.29, 1.82) is 0 Å². The first-order valence-corrected chi connectivity index (χ1v) is 8.87. The van der Waals surface area contributed by atoms with E-state index in [1.165, 1.54) is 16.6 Å². The Morgan fingerprint density at radius 3 is 2.67 bits per heavy atom. The predicted octanol–water partition coefficient (Wildman–Crippen LogP) is 1.72. The maximum absolute atomic E-state index is 12.7. The molecule has 8 heteroatoms. The van der Waals surface area contributed by atoms with E-state index in [1.807, 2.05) is 6.92 Å². The fraction of sp³-hybridized carbons (Fsp3) is 0.615. The number of fused-ring (bicyclic) bond motifs is 2. The molecule has 2 unspecified atom stereocenters. The molecule has 2 fully saturated rings. The molecule has 0 saturated carbocycles. The zero-order chi connectivity index (χ0) is 15.0. The van der Waals surface area contributed by atoms with E-state index in [0.717, 1.165) is 12.8 Å². The van der Waals surface area contributed by atoms with Crippen LogP contribution in [-0.2, 0) is 14.8 Å². The molecule has 6 nitrogen and oxygen atoms in total. The van der Waals surface area contributed by atoms with Crippen molar-refractivity contribution in [3.8, 4) is 0 Å².